The molecular formula is C12H12BrNO4. The molecule has 1 aliphatic heterocycles. The Kier molecular flexibility index (Phi) is 3.98. The Hall–Kier alpha value is -1.40. The van der Waals surface area contributed by atoms with E-state index in [1.165, 1.54) is 6.07 Å². The zero-order valence-electron chi connectivity index (χ0n) is 9.48. The highest BCUT2D eigenvalue weighted by molar-refractivity contribution is 9.10. The quantitative estimate of drug-likeness (QED) is 0.897. The van der Waals surface area contributed by atoms with Crippen molar-refractivity contribution in [3.8, 4) is 0 Å². The lowest BCUT2D eigenvalue weighted by Crippen LogP contribution is -2.27. The third-order valence-corrected chi connectivity index (χ3v) is 3.38. The lowest BCUT2D eigenvalue weighted by Gasteiger charge is -2.13. The highest BCUT2D eigenvalue weighted by Crippen LogP contribution is 2.27. The van der Waals surface area contributed by atoms with Gasteiger partial charge in [-0.1, -0.05) is 6.07 Å². The van der Waals surface area contributed by atoms with Gasteiger partial charge in [-0.2, -0.15) is 0 Å². The Morgan fingerprint density at radius 3 is 2.83 bits per heavy atom. The van der Waals surface area contributed by atoms with Crippen molar-refractivity contribution in [1.29, 1.82) is 0 Å². The highest BCUT2D eigenvalue weighted by atomic mass is 79.9. The summed E-state index contributed by atoms with van der Waals surface area (Å²) in [6, 6.07) is 4.73. The van der Waals surface area contributed by atoms with E-state index in [0.29, 0.717) is 17.5 Å². The zero-order valence-corrected chi connectivity index (χ0v) is 11.1. The van der Waals surface area contributed by atoms with Crippen LogP contribution in [-0.2, 0) is 9.53 Å². The number of aromatic carboxylic acids is 1. The van der Waals surface area contributed by atoms with E-state index in [1.54, 1.807) is 12.1 Å². The maximum absolute atomic E-state index is 11.9. The fraction of sp³-hybridized carbons (Fsp3) is 0.333. The van der Waals surface area contributed by atoms with Gasteiger partial charge in [-0.3, -0.25) is 4.79 Å². The van der Waals surface area contributed by atoms with Crippen molar-refractivity contribution >= 4 is 33.5 Å². The molecule has 18 heavy (non-hydrogen) atoms. The number of nitrogens with one attached hydrogen (secondary N) is 1. The average molecular weight is 314 g/mol. The molecule has 0 spiro atoms. The molecule has 0 radical (unpaired) electrons. The Morgan fingerprint density at radius 1 is 1.44 bits per heavy atom. The molecule has 5 nitrogen and oxygen atoms in total. The maximum Gasteiger partial charge on any atom is 0.337 e. The van der Waals surface area contributed by atoms with E-state index in [4.69, 9.17) is 9.84 Å². The van der Waals surface area contributed by atoms with E-state index in [0.717, 1.165) is 6.42 Å². The van der Waals surface area contributed by atoms with Gasteiger partial charge in [-0.25, -0.2) is 4.79 Å². The Morgan fingerprint density at radius 2 is 2.22 bits per heavy atom. The van der Waals surface area contributed by atoms with Gasteiger partial charge >= 0.3 is 5.97 Å². The summed E-state index contributed by atoms with van der Waals surface area (Å²) >= 11 is 3.23. The molecule has 1 aromatic rings. The summed E-state index contributed by atoms with van der Waals surface area (Å²) in [4.78, 5) is 23.0. The Bertz CT molecular complexity index is 483. The number of ether oxygens (including phenoxy) is 1. The van der Waals surface area contributed by atoms with Crippen LogP contribution in [0, 0.1) is 0 Å². The molecule has 0 aliphatic carbocycles. The molecule has 0 aromatic heterocycles. The molecule has 96 valence electrons. The summed E-state index contributed by atoms with van der Waals surface area (Å²) in [5.41, 5.74) is 0.321. The van der Waals surface area contributed by atoms with E-state index in [1.807, 2.05) is 0 Å². The number of rotatable bonds is 3. The number of halogens is 1. The van der Waals surface area contributed by atoms with Crippen LogP contribution in [-0.4, -0.2) is 29.7 Å². The van der Waals surface area contributed by atoms with Crippen LogP contribution in [0.2, 0.25) is 0 Å². The molecule has 0 saturated carbocycles. The molecule has 1 unspecified atom stereocenters. The summed E-state index contributed by atoms with van der Waals surface area (Å²) in [6.07, 6.45) is 1.03. The SMILES string of the molecule is O=C(O)c1cccc(Br)c1NC(=O)C1CCCO1. The zero-order chi connectivity index (χ0) is 13.1. The van der Waals surface area contributed by atoms with E-state index < -0.39 is 12.1 Å². The minimum atomic E-state index is -1.08. The summed E-state index contributed by atoms with van der Waals surface area (Å²) in [5, 5.41) is 11.7. The largest absolute Gasteiger partial charge is 0.478 e. The number of carboxylic acid groups (broad SMARTS) is 1. The molecule has 1 saturated heterocycles. The first kappa shape index (κ1) is 13.0. The van der Waals surface area contributed by atoms with Gasteiger partial charge in [0.1, 0.15) is 6.10 Å². The number of carboxylic acids is 1. The first-order valence-electron chi connectivity index (χ1n) is 5.54. The topological polar surface area (TPSA) is 75.6 Å². The van der Waals surface area contributed by atoms with E-state index in [9.17, 15) is 9.59 Å². The summed E-state index contributed by atoms with van der Waals surface area (Å²) < 4.78 is 5.79. The van der Waals surface area contributed by atoms with Crippen LogP contribution in [0.25, 0.3) is 0 Å². The van der Waals surface area contributed by atoms with Crippen molar-refractivity contribution < 1.29 is 19.4 Å². The van der Waals surface area contributed by atoms with Gasteiger partial charge in [0.25, 0.3) is 5.91 Å². The molecule has 2 rings (SSSR count). The number of anilines is 1. The third kappa shape index (κ3) is 2.70. The molecule has 2 N–H and O–H groups in total. The molecule has 1 aromatic carbocycles. The number of hydrogen-bond acceptors (Lipinski definition) is 3. The van der Waals surface area contributed by atoms with Gasteiger partial charge in [0.05, 0.1) is 11.3 Å². The van der Waals surface area contributed by atoms with Crippen LogP contribution in [0.15, 0.2) is 22.7 Å². The van der Waals surface area contributed by atoms with Crippen molar-refractivity contribution in [2.24, 2.45) is 0 Å². The van der Waals surface area contributed by atoms with E-state index in [-0.39, 0.29) is 17.2 Å². The van der Waals surface area contributed by atoms with E-state index >= 15 is 0 Å². The van der Waals surface area contributed by atoms with Crippen LogP contribution in [0.3, 0.4) is 0 Å². The van der Waals surface area contributed by atoms with E-state index in [2.05, 4.69) is 21.2 Å². The smallest absolute Gasteiger partial charge is 0.337 e. The third-order valence-electron chi connectivity index (χ3n) is 2.71. The van der Waals surface area contributed by atoms with Crippen molar-refractivity contribution in [1.82, 2.24) is 0 Å². The van der Waals surface area contributed by atoms with Crippen molar-refractivity contribution in [3.05, 3.63) is 28.2 Å². The van der Waals surface area contributed by atoms with Crippen molar-refractivity contribution in [2.75, 3.05) is 11.9 Å². The van der Waals surface area contributed by atoms with Gasteiger partial charge in [-0.15, -0.1) is 0 Å². The number of benzene rings is 1. The first-order chi connectivity index (χ1) is 8.59. The summed E-state index contributed by atoms with van der Waals surface area (Å²) in [5.74, 6) is -1.39. The second kappa shape index (κ2) is 5.49. The number of para-hydroxylation sites is 1. The number of hydrogen-bond donors (Lipinski definition) is 2. The lowest BCUT2D eigenvalue weighted by atomic mass is 10.1. The lowest BCUT2D eigenvalue weighted by molar-refractivity contribution is -0.124. The van der Waals surface area contributed by atoms with Crippen LogP contribution >= 0.6 is 15.9 Å². The number of amides is 1. The van der Waals surface area contributed by atoms with Gasteiger partial charge in [-0.05, 0) is 40.9 Å². The second-order valence-electron chi connectivity index (χ2n) is 3.96. The highest BCUT2D eigenvalue weighted by Gasteiger charge is 2.25. The second-order valence-corrected chi connectivity index (χ2v) is 4.81. The number of carbonyl (C=O) groups excluding carboxylic acids is 1. The molecular weight excluding hydrogens is 302 g/mol. The standard InChI is InChI=1S/C12H12BrNO4/c13-8-4-1-3-7(12(16)17)10(8)14-11(15)9-5-2-6-18-9/h1,3-4,9H,2,5-6H2,(H,14,15)(H,16,17). The van der Waals surface area contributed by atoms with Crippen molar-refractivity contribution in [3.63, 3.8) is 0 Å². The number of carbonyl (C=O) groups is 2. The predicted molar refractivity (Wildman–Crippen MR) is 68.7 cm³/mol. The average Bonchev–Trinajstić information content (AvgIpc) is 2.85. The molecule has 0 bridgehead atoms. The van der Waals surface area contributed by atoms with Gasteiger partial charge < -0.3 is 15.2 Å². The Labute approximate surface area is 112 Å². The van der Waals surface area contributed by atoms with Crippen LogP contribution in [0.4, 0.5) is 5.69 Å². The molecule has 1 heterocycles. The van der Waals surface area contributed by atoms with Gasteiger partial charge in [0.2, 0.25) is 0 Å². The van der Waals surface area contributed by atoms with Crippen LogP contribution in [0.1, 0.15) is 23.2 Å². The molecule has 6 heteroatoms. The summed E-state index contributed by atoms with van der Waals surface area (Å²) in [6.45, 7) is 0.569. The van der Waals surface area contributed by atoms with Crippen LogP contribution < -0.4 is 5.32 Å². The monoisotopic (exact) mass is 313 g/mol. The normalized spacial score (nSPS) is 18.6. The predicted octanol–water partition coefficient (Wildman–Crippen LogP) is 2.26. The molecule has 1 aliphatic rings. The summed E-state index contributed by atoms with van der Waals surface area (Å²) in [7, 11) is 0. The van der Waals surface area contributed by atoms with Crippen molar-refractivity contribution in [2.45, 2.75) is 18.9 Å². The minimum Gasteiger partial charge on any atom is -0.478 e. The maximum atomic E-state index is 11.9. The fourth-order valence-electron chi connectivity index (χ4n) is 1.82. The molecule has 1 fully saturated rings. The van der Waals surface area contributed by atoms with Crippen LogP contribution in [0.5, 0.6) is 0 Å². The Balaban J connectivity index is 2.22. The minimum absolute atomic E-state index is 0.0516. The molecule has 1 amide bonds. The first-order valence-corrected chi connectivity index (χ1v) is 6.33. The van der Waals surface area contributed by atoms with Gasteiger partial charge in [0, 0.05) is 11.1 Å². The molecule has 1 atom stereocenters. The fourth-order valence-corrected chi connectivity index (χ4v) is 2.28. The van der Waals surface area contributed by atoms with Gasteiger partial charge in [0.15, 0.2) is 0 Å².